The summed E-state index contributed by atoms with van der Waals surface area (Å²) in [7, 11) is 0. The monoisotopic (exact) mass is 345 g/mol. The first-order valence-electron chi connectivity index (χ1n) is 7.37. The van der Waals surface area contributed by atoms with E-state index in [9.17, 15) is 9.59 Å². The van der Waals surface area contributed by atoms with Crippen LogP contribution in [0, 0.1) is 0 Å². The summed E-state index contributed by atoms with van der Waals surface area (Å²) in [5, 5.41) is -0.0352. The quantitative estimate of drug-likeness (QED) is 0.538. The molecule has 2 aromatic rings. The van der Waals surface area contributed by atoms with Gasteiger partial charge in [0, 0.05) is 29.6 Å². The van der Waals surface area contributed by atoms with Crippen LogP contribution in [0.15, 0.2) is 59.5 Å². The van der Waals surface area contributed by atoms with Gasteiger partial charge in [-0.15, -0.1) is 0 Å². The van der Waals surface area contributed by atoms with E-state index in [2.05, 4.69) is 23.4 Å². The first-order chi connectivity index (χ1) is 11.1. The molecule has 2 aromatic carbocycles. The zero-order valence-corrected chi connectivity index (χ0v) is 14.8. The van der Waals surface area contributed by atoms with E-state index in [4.69, 9.17) is 0 Å². The van der Waals surface area contributed by atoms with Crippen LogP contribution in [0.2, 0.25) is 0 Å². The molecule has 3 nitrogen and oxygen atoms in total. The second-order valence-electron chi connectivity index (χ2n) is 4.85. The van der Waals surface area contributed by atoms with E-state index in [1.807, 2.05) is 42.5 Å². The fourth-order valence-electron chi connectivity index (χ4n) is 1.97. The van der Waals surface area contributed by atoms with Crippen LogP contribution in [-0.2, 0) is 4.79 Å². The molecule has 0 aliphatic carbocycles. The van der Waals surface area contributed by atoms with Gasteiger partial charge in [0.15, 0.2) is 10.9 Å². The minimum absolute atomic E-state index is 0.0165. The van der Waals surface area contributed by atoms with E-state index in [1.165, 1.54) is 6.92 Å². The van der Waals surface area contributed by atoms with Crippen LogP contribution in [0.25, 0.3) is 0 Å². The number of carbonyl (C=O) groups is 2. The van der Waals surface area contributed by atoms with Gasteiger partial charge in [-0.1, -0.05) is 42.1 Å². The fraction of sp³-hybridized carbons (Fsp3) is 0.222. The Labute approximate surface area is 145 Å². The molecule has 0 heterocycles. The molecule has 23 heavy (non-hydrogen) atoms. The van der Waals surface area contributed by atoms with Crippen molar-refractivity contribution in [3.05, 3.63) is 60.2 Å². The Kier molecular flexibility index (Phi) is 6.74. The van der Waals surface area contributed by atoms with Crippen molar-refractivity contribution in [2.75, 3.05) is 16.6 Å². The summed E-state index contributed by atoms with van der Waals surface area (Å²) in [5.74, 6) is 0.185. The van der Waals surface area contributed by atoms with Gasteiger partial charge in [-0.3, -0.25) is 9.59 Å². The summed E-state index contributed by atoms with van der Waals surface area (Å²) >= 11 is 2.69. The minimum atomic E-state index is -0.0352. The third kappa shape index (κ3) is 5.44. The van der Waals surface area contributed by atoms with Crippen molar-refractivity contribution >= 4 is 40.3 Å². The number of hydrogen-bond acceptors (Lipinski definition) is 5. The number of ketones is 1. The fourth-order valence-corrected chi connectivity index (χ4v) is 3.34. The maximum atomic E-state index is 12.0. The lowest BCUT2D eigenvalue weighted by atomic mass is 10.1. The van der Waals surface area contributed by atoms with Crippen LogP contribution < -0.4 is 4.31 Å². The third-order valence-corrected chi connectivity index (χ3v) is 5.12. The summed E-state index contributed by atoms with van der Waals surface area (Å²) in [6, 6.07) is 17.7. The molecule has 0 spiro atoms. The Bertz CT molecular complexity index is 656. The number of carbonyl (C=O) groups excluding carboxylic acids is 2. The van der Waals surface area contributed by atoms with Gasteiger partial charge in [0.25, 0.3) is 0 Å². The van der Waals surface area contributed by atoms with E-state index in [0.717, 1.165) is 28.9 Å². The smallest absolute Gasteiger partial charge is 0.186 e. The Morgan fingerprint density at radius 2 is 1.65 bits per heavy atom. The number of nitrogens with zero attached hydrogens (tertiary/aromatic N) is 1. The summed E-state index contributed by atoms with van der Waals surface area (Å²) in [5.41, 5.74) is 1.80. The summed E-state index contributed by atoms with van der Waals surface area (Å²) in [6.45, 7) is 4.46. The second-order valence-corrected chi connectivity index (χ2v) is 7.10. The van der Waals surface area contributed by atoms with Crippen LogP contribution in [-0.4, -0.2) is 23.2 Å². The summed E-state index contributed by atoms with van der Waals surface area (Å²) in [4.78, 5) is 24.0. The van der Waals surface area contributed by atoms with E-state index in [-0.39, 0.29) is 16.7 Å². The zero-order chi connectivity index (χ0) is 16.7. The number of thioether (sulfide) groups is 1. The molecule has 0 radical (unpaired) electrons. The lowest BCUT2D eigenvalue weighted by Crippen LogP contribution is -2.12. The maximum absolute atomic E-state index is 12.0. The summed E-state index contributed by atoms with van der Waals surface area (Å²) < 4.78 is 2.20. The highest BCUT2D eigenvalue weighted by Gasteiger charge is 2.09. The highest BCUT2D eigenvalue weighted by Crippen LogP contribution is 2.28. The topological polar surface area (TPSA) is 37.4 Å². The number of rotatable bonds is 7. The molecule has 0 unspecified atom stereocenters. The van der Waals surface area contributed by atoms with Crippen LogP contribution in [0.1, 0.15) is 24.2 Å². The first-order valence-corrected chi connectivity index (χ1v) is 9.13. The Morgan fingerprint density at radius 1 is 1.00 bits per heavy atom. The molecule has 0 aromatic heterocycles. The molecule has 120 valence electrons. The molecule has 0 atom stereocenters. The van der Waals surface area contributed by atoms with Gasteiger partial charge < -0.3 is 4.31 Å². The molecular formula is C18H19NO2S2. The molecular weight excluding hydrogens is 326 g/mol. The van der Waals surface area contributed by atoms with E-state index >= 15 is 0 Å². The van der Waals surface area contributed by atoms with Gasteiger partial charge in [-0.05, 0) is 43.1 Å². The molecule has 0 saturated carbocycles. The Balaban J connectivity index is 2.01. The SMILES string of the molecule is CCN(Sc1ccc(C(=O)CSC(C)=O)cc1)c1ccccc1. The zero-order valence-electron chi connectivity index (χ0n) is 13.2. The molecule has 0 aliphatic rings. The molecule has 2 rings (SSSR count). The standard InChI is InChI=1S/C18H19NO2S2/c1-3-19(16-7-5-4-6-8-16)23-17-11-9-15(10-12-17)18(21)13-22-14(2)20/h4-12H,3,13H2,1-2H3. The van der Waals surface area contributed by atoms with Crippen LogP contribution >= 0.6 is 23.7 Å². The molecule has 5 heteroatoms. The van der Waals surface area contributed by atoms with Crippen molar-refractivity contribution in [3.63, 3.8) is 0 Å². The molecule has 0 fully saturated rings. The van der Waals surface area contributed by atoms with Crippen molar-refractivity contribution in [1.29, 1.82) is 0 Å². The number of anilines is 1. The normalized spacial score (nSPS) is 10.3. The van der Waals surface area contributed by atoms with Gasteiger partial charge in [0.2, 0.25) is 0 Å². The average molecular weight is 345 g/mol. The number of hydrogen-bond donors (Lipinski definition) is 0. The predicted molar refractivity (Wildman–Crippen MR) is 99.2 cm³/mol. The number of benzene rings is 2. The lowest BCUT2D eigenvalue weighted by molar-refractivity contribution is -0.109. The second kappa shape index (κ2) is 8.79. The van der Waals surface area contributed by atoms with Crippen molar-refractivity contribution in [2.45, 2.75) is 18.7 Å². The average Bonchev–Trinajstić information content (AvgIpc) is 2.58. The van der Waals surface area contributed by atoms with Gasteiger partial charge in [-0.2, -0.15) is 0 Å². The Hall–Kier alpha value is -1.72. The number of Topliss-reactive ketones (excluding diaryl/α,β-unsaturated/α-hetero) is 1. The van der Waals surface area contributed by atoms with E-state index in [0.29, 0.717) is 5.56 Å². The van der Waals surface area contributed by atoms with Gasteiger partial charge in [-0.25, -0.2) is 0 Å². The van der Waals surface area contributed by atoms with Crippen LogP contribution in [0.4, 0.5) is 5.69 Å². The van der Waals surface area contributed by atoms with Crippen LogP contribution in [0.3, 0.4) is 0 Å². The Morgan fingerprint density at radius 3 is 2.22 bits per heavy atom. The first kappa shape index (κ1) is 17.6. The van der Waals surface area contributed by atoms with Crippen molar-refractivity contribution in [1.82, 2.24) is 0 Å². The molecule has 0 amide bonds. The largest absolute Gasteiger partial charge is 0.312 e. The lowest BCUT2D eigenvalue weighted by Gasteiger charge is -2.21. The van der Waals surface area contributed by atoms with Gasteiger partial charge >= 0.3 is 0 Å². The maximum Gasteiger partial charge on any atom is 0.186 e. The van der Waals surface area contributed by atoms with Gasteiger partial charge in [0.05, 0.1) is 5.75 Å². The summed E-state index contributed by atoms with van der Waals surface area (Å²) in [6.07, 6.45) is 0. The predicted octanol–water partition coefficient (Wildman–Crippen LogP) is 4.68. The van der Waals surface area contributed by atoms with Crippen molar-refractivity contribution in [3.8, 4) is 0 Å². The highest BCUT2D eigenvalue weighted by molar-refractivity contribution is 8.14. The minimum Gasteiger partial charge on any atom is -0.312 e. The van der Waals surface area contributed by atoms with E-state index in [1.54, 1.807) is 11.9 Å². The number of para-hydroxylation sites is 1. The van der Waals surface area contributed by atoms with Crippen molar-refractivity contribution in [2.24, 2.45) is 0 Å². The van der Waals surface area contributed by atoms with E-state index < -0.39 is 0 Å². The third-order valence-electron chi connectivity index (χ3n) is 3.13. The van der Waals surface area contributed by atoms with Gasteiger partial charge in [0.1, 0.15) is 0 Å². The van der Waals surface area contributed by atoms with Crippen molar-refractivity contribution < 1.29 is 9.59 Å². The molecule has 0 aliphatic heterocycles. The van der Waals surface area contributed by atoms with Crippen LogP contribution in [0.5, 0.6) is 0 Å². The highest BCUT2D eigenvalue weighted by atomic mass is 32.2. The molecule has 0 N–H and O–H groups in total. The molecule has 0 bridgehead atoms. The molecule has 0 saturated heterocycles.